The predicted octanol–water partition coefficient (Wildman–Crippen LogP) is 2.14. The summed E-state index contributed by atoms with van der Waals surface area (Å²) in [6, 6.07) is 7.69. The van der Waals surface area contributed by atoms with E-state index in [-0.39, 0.29) is 0 Å². The van der Waals surface area contributed by atoms with Gasteiger partial charge in [-0.15, -0.1) is 0 Å². The van der Waals surface area contributed by atoms with Gasteiger partial charge in [0.25, 0.3) is 0 Å². The van der Waals surface area contributed by atoms with E-state index in [1.54, 1.807) is 12.1 Å². The van der Waals surface area contributed by atoms with Gasteiger partial charge in [0.1, 0.15) is 6.04 Å². The van der Waals surface area contributed by atoms with Gasteiger partial charge < -0.3 is 15.7 Å². The number of rotatable bonds is 3. The van der Waals surface area contributed by atoms with Crippen LogP contribution in [0.25, 0.3) is 10.9 Å². The van der Waals surface area contributed by atoms with E-state index >= 15 is 0 Å². The van der Waals surface area contributed by atoms with E-state index in [0.717, 1.165) is 11.1 Å². The fourth-order valence-electron chi connectivity index (χ4n) is 1.76. The highest BCUT2D eigenvalue weighted by atomic mass is 16.4. The zero-order valence-electron chi connectivity index (χ0n) is 11.2. The number of hydrogen-bond donors (Lipinski definition) is 3. The summed E-state index contributed by atoms with van der Waals surface area (Å²) in [6.07, 6.45) is 0. The fraction of sp³-hybridized carbons (Fsp3) is 0.214. The maximum atomic E-state index is 11.7. The van der Waals surface area contributed by atoms with Crippen LogP contribution in [-0.2, 0) is 4.79 Å². The number of benzene rings is 1. The molecule has 0 saturated carbocycles. The number of carboxylic acids is 1. The number of carbonyl (C=O) groups is 2. The van der Waals surface area contributed by atoms with Crippen LogP contribution in [0.2, 0.25) is 0 Å². The molecule has 1 heterocycles. The number of carboxylic acid groups (broad SMARTS) is 1. The third-order valence-corrected chi connectivity index (χ3v) is 2.83. The van der Waals surface area contributed by atoms with Crippen molar-refractivity contribution in [2.24, 2.45) is 0 Å². The first-order valence-electron chi connectivity index (χ1n) is 6.14. The summed E-state index contributed by atoms with van der Waals surface area (Å²) in [7, 11) is 0. The van der Waals surface area contributed by atoms with Crippen molar-refractivity contribution in [2.45, 2.75) is 19.9 Å². The lowest BCUT2D eigenvalue weighted by atomic mass is 10.2. The van der Waals surface area contributed by atoms with Gasteiger partial charge in [0.15, 0.2) is 0 Å². The van der Waals surface area contributed by atoms with Gasteiger partial charge in [-0.1, -0.05) is 18.2 Å². The molecule has 2 rings (SSSR count). The van der Waals surface area contributed by atoms with Gasteiger partial charge in [-0.05, 0) is 26.0 Å². The van der Waals surface area contributed by atoms with Crippen molar-refractivity contribution < 1.29 is 14.7 Å². The largest absolute Gasteiger partial charge is 0.480 e. The van der Waals surface area contributed by atoms with Gasteiger partial charge in [-0.2, -0.15) is 0 Å². The van der Waals surface area contributed by atoms with Crippen LogP contribution in [0.15, 0.2) is 30.3 Å². The summed E-state index contributed by atoms with van der Waals surface area (Å²) in [5.41, 5.74) is 2.05. The highest BCUT2D eigenvalue weighted by molar-refractivity contribution is 6.00. The molecular formula is C14H15N3O3. The van der Waals surface area contributed by atoms with Gasteiger partial charge in [0, 0.05) is 11.1 Å². The quantitative estimate of drug-likeness (QED) is 0.799. The second-order valence-corrected chi connectivity index (χ2v) is 4.49. The molecule has 6 nitrogen and oxygen atoms in total. The molecule has 0 unspecified atom stereocenters. The Kier molecular flexibility index (Phi) is 3.84. The number of urea groups is 1. The number of para-hydroxylation sites is 1. The highest BCUT2D eigenvalue weighted by Crippen LogP contribution is 2.21. The SMILES string of the molecule is Cc1ccc2cccc(NC(=O)N[C@H](C)C(=O)O)c2n1. The minimum atomic E-state index is -1.09. The Morgan fingerprint density at radius 2 is 2.00 bits per heavy atom. The molecule has 2 aromatic rings. The van der Waals surface area contributed by atoms with Crippen molar-refractivity contribution in [1.29, 1.82) is 0 Å². The molecule has 0 spiro atoms. The topological polar surface area (TPSA) is 91.3 Å². The maximum absolute atomic E-state index is 11.7. The second kappa shape index (κ2) is 5.56. The van der Waals surface area contributed by atoms with E-state index < -0.39 is 18.0 Å². The number of aryl methyl sites for hydroxylation is 1. The molecule has 1 aromatic heterocycles. The Labute approximate surface area is 115 Å². The molecule has 3 N–H and O–H groups in total. The summed E-state index contributed by atoms with van der Waals surface area (Å²) in [6.45, 7) is 3.26. The van der Waals surface area contributed by atoms with Crippen LogP contribution in [0, 0.1) is 6.92 Å². The van der Waals surface area contributed by atoms with Gasteiger partial charge >= 0.3 is 12.0 Å². The van der Waals surface area contributed by atoms with Gasteiger partial charge in [0.05, 0.1) is 11.2 Å². The first-order valence-corrected chi connectivity index (χ1v) is 6.14. The maximum Gasteiger partial charge on any atom is 0.325 e. The molecule has 0 aliphatic rings. The average molecular weight is 273 g/mol. The standard InChI is InChI=1S/C14H15N3O3/c1-8-6-7-10-4-3-5-11(12(10)15-8)17-14(20)16-9(2)13(18)19/h3-7,9H,1-2H3,(H,18,19)(H2,16,17,20)/t9-/m1/s1. The van der Waals surface area contributed by atoms with Crippen molar-refractivity contribution in [3.63, 3.8) is 0 Å². The molecule has 1 atom stereocenters. The summed E-state index contributed by atoms with van der Waals surface area (Å²) < 4.78 is 0. The first kappa shape index (κ1) is 13.8. The monoisotopic (exact) mass is 273 g/mol. The predicted molar refractivity (Wildman–Crippen MR) is 75.7 cm³/mol. The van der Waals surface area contributed by atoms with E-state index in [0.29, 0.717) is 11.2 Å². The smallest absolute Gasteiger partial charge is 0.325 e. The van der Waals surface area contributed by atoms with Crippen molar-refractivity contribution in [2.75, 3.05) is 5.32 Å². The van der Waals surface area contributed by atoms with Crippen LogP contribution in [0.3, 0.4) is 0 Å². The lowest BCUT2D eigenvalue weighted by molar-refractivity contribution is -0.138. The minimum absolute atomic E-state index is 0.543. The molecule has 2 amide bonds. The number of carbonyl (C=O) groups excluding carboxylic acids is 1. The Morgan fingerprint density at radius 1 is 1.25 bits per heavy atom. The summed E-state index contributed by atoms with van der Waals surface area (Å²) in [5, 5.41) is 14.6. The van der Waals surface area contributed by atoms with E-state index in [1.807, 2.05) is 25.1 Å². The molecule has 0 fully saturated rings. The Balaban J connectivity index is 2.23. The fourth-order valence-corrected chi connectivity index (χ4v) is 1.76. The number of fused-ring (bicyclic) bond motifs is 1. The normalized spacial score (nSPS) is 11.9. The zero-order valence-corrected chi connectivity index (χ0v) is 11.2. The molecule has 0 bridgehead atoms. The molecule has 0 aliphatic carbocycles. The lowest BCUT2D eigenvalue weighted by Gasteiger charge is -2.12. The van der Waals surface area contributed by atoms with Crippen LogP contribution < -0.4 is 10.6 Å². The molecule has 20 heavy (non-hydrogen) atoms. The number of hydrogen-bond acceptors (Lipinski definition) is 3. The van der Waals surface area contributed by atoms with Gasteiger partial charge in [0.2, 0.25) is 0 Å². The van der Waals surface area contributed by atoms with E-state index in [2.05, 4.69) is 15.6 Å². The lowest BCUT2D eigenvalue weighted by Crippen LogP contribution is -2.40. The molecule has 6 heteroatoms. The number of pyridine rings is 1. The second-order valence-electron chi connectivity index (χ2n) is 4.49. The number of anilines is 1. The Morgan fingerprint density at radius 3 is 2.70 bits per heavy atom. The van der Waals surface area contributed by atoms with Crippen LogP contribution in [0.1, 0.15) is 12.6 Å². The van der Waals surface area contributed by atoms with Gasteiger partial charge in [-0.3, -0.25) is 9.78 Å². The Bertz CT molecular complexity index is 670. The minimum Gasteiger partial charge on any atom is -0.480 e. The third kappa shape index (κ3) is 3.03. The van der Waals surface area contributed by atoms with E-state index in [1.165, 1.54) is 6.92 Å². The molecule has 1 aromatic carbocycles. The number of amides is 2. The third-order valence-electron chi connectivity index (χ3n) is 2.83. The number of aliphatic carboxylic acids is 1. The van der Waals surface area contributed by atoms with Crippen LogP contribution in [0.5, 0.6) is 0 Å². The number of aromatic nitrogens is 1. The summed E-state index contributed by atoms with van der Waals surface area (Å²) in [5.74, 6) is -1.09. The van der Waals surface area contributed by atoms with Crippen molar-refractivity contribution in [1.82, 2.24) is 10.3 Å². The summed E-state index contributed by atoms with van der Waals surface area (Å²) >= 11 is 0. The molecule has 0 aliphatic heterocycles. The molecule has 104 valence electrons. The highest BCUT2D eigenvalue weighted by Gasteiger charge is 2.14. The molecular weight excluding hydrogens is 258 g/mol. The summed E-state index contributed by atoms with van der Waals surface area (Å²) in [4.78, 5) is 26.8. The van der Waals surface area contributed by atoms with Crippen LogP contribution in [-0.4, -0.2) is 28.1 Å². The molecule has 0 saturated heterocycles. The van der Waals surface area contributed by atoms with E-state index in [4.69, 9.17) is 5.11 Å². The van der Waals surface area contributed by atoms with Crippen molar-refractivity contribution >= 4 is 28.6 Å². The van der Waals surface area contributed by atoms with Crippen LogP contribution in [0.4, 0.5) is 10.5 Å². The first-order chi connectivity index (χ1) is 9.47. The zero-order chi connectivity index (χ0) is 14.7. The Hall–Kier alpha value is -2.63. The van der Waals surface area contributed by atoms with Crippen molar-refractivity contribution in [3.8, 4) is 0 Å². The van der Waals surface area contributed by atoms with Crippen molar-refractivity contribution in [3.05, 3.63) is 36.0 Å². The average Bonchev–Trinajstić information content (AvgIpc) is 2.39. The van der Waals surface area contributed by atoms with E-state index in [9.17, 15) is 9.59 Å². The van der Waals surface area contributed by atoms with Crippen LogP contribution >= 0.6 is 0 Å². The number of nitrogens with zero attached hydrogens (tertiary/aromatic N) is 1. The van der Waals surface area contributed by atoms with Gasteiger partial charge in [-0.25, -0.2) is 4.79 Å². The molecule has 0 radical (unpaired) electrons. The number of nitrogens with one attached hydrogen (secondary N) is 2.